The third-order valence-corrected chi connectivity index (χ3v) is 5.31. The topological polar surface area (TPSA) is 60.7 Å². The summed E-state index contributed by atoms with van der Waals surface area (Å²) in [7, 11) is 1.60. The van der Waals surface area contributed by atoms with Crippen LogP contribution in [0.25, 0.3) is 0 Å². The van der Waals surface area contributed by atoms with Crippen LogP contribution >= 0.6 is 0 Å². The van der Waals surface area contributed by atoms with E-state index in [-0.39, 0.29) is 18.1 Å². The summed E-state index contributed by atoms with van der Waals surface area (Å²) in [6.45, 7) is 1.15. The van der Waals surface area contributed by atoms with Crippen molar-refractivity contribution in [2.45, 2.75) is 31.6 Å². The lowest BCUT2D eigenvalue weighted by Crippen LogP contribution is -2.62. The maximum Gasteiger partial charge on any atom is 0.287 e. The number of methoxy groups -OCH3 is 1. The van der Waals surface area contributed by atoms with Gasteiger partial charge in [0.25, 0.3) is 5.91 Å². The Kier molecular flexibility index (Phi) is 4.59. The Morgan fingerprint density at radius 3 is 2.88 bits per heavy atom. The van der Waals surface area contributed by atoms with E-state index in [1.54, 1.807) is 19.2 Å². The van der Waals surface area contributed by atoms with Crippen LogP contribution in [0.15, 0.2) is 46.9 Å². The number of furan rings is 1. The molecule has 1 saturated heterocycles. The van der Waals surface area contributed by atoms with Gasteiger partial charge in [-0.15, -0.1) is 0 Å². The van der Waals surface area contributed by atoms with E-state index in [1.807, 2.05) is 6.07 Å². The van der Waals surface area contributed by atoms with E-state index in [0.717, 1.165) is 19.4 Å². The molecular weight excluding hydrogens is 318 g/mol. The van der Waals surface area contributed by atoms with Crippen LogP contribution in [0.1, 0.15) is 28.3 Å². The molecule has 0 bridgehead atoms. The van der Waals surface area contributed by atoms with Gasteiger partial charge in [0, 0.05) is 31.6 Å². The summed E-state index contributed by atoms with van der Waals surface area (Å²) in [6.07, 6.45) is 2.18. The van der Waals surface area contributed by atoms with Crippen LogP contribution in [0.2, 0.25) is 0 Å². The fraction of sp³-hybridized carbons (Fsp3) is 0.450. The molecule has 1 aromatic heterocycles. The second kappa shape index (κ2) is 7.02. The van der Waals surface area contributed by atoms with E-state index in [2.05, 4.69) is 29.6 Å². The molecule has 1 N–H and O–H groups in total. The molecule has 1 saturated carbocycles. The molecule has 1 amide bonds. The average Bonchev–Trinajstić information content (AvgIpc) is 3.26. The van der Waals surface area contributed by atoms with E-state index in [4.69, 9.17) is 13.9 Å². The van der Waals surface area contributed by atoms with Gasteiger partial charge in [-0.05, 0) is 30.5 Å². The summed E-state index contributed by atoms with van der Waals surface area (Å²) < 4.78 is 16.5. The molecule has 4 atom stereocenters. The minimum atomic E-state index is -0.157. The van der Waals surface area contributed by atoms with Crippen molar-refractivity contribution in [3.63, 3.8) is 0 Å². The van der Waals surface area contributed by atoms with Crippen LogP contribution < -0.4 is 5.32 Å². The van der Waals surface area contributed by atoms with Gasteiger partial charge in [0.1, 0.15) is 12.4 Å². The lowest BCUT2D eigenvalue weighted by molar-refractivity contribution is -0.0530. The number of rotatable bonds is 6. The summed E-state index contributed by atoms with van der Waals surface area (Å²) in [5.74, 6) is 1.56. The molecular formula is C20H23NO4. The first-order valence-electron chi connectivity index (χ1n) is 8.80. The third-order valence-electron chi connectivity index (χ3n) is 5.31. The monoisotopic (exact) mass is 341 g/mol. The van der Waals surface area contributed by atoms with Crippen molar-refractivity contribution < 1.29 is 18.7 Å². The molecule has 2 fully saturated rings. The van der Waals surface area contributed by atoms with Crippen LogP contribution in [0.5, 0.6) is 0 Å². The van der Waals surface area contributed by atoms with Crippen LogP contribution in [-0.2, 0) is 22.5 Å². The van der Waals surface area contributed by atoms with Crippen molar-refractivity contribution in [3.8, 4) is 0 Å². The predicted molar refractivity (Wildman–Crippen MR) is 92.2 cm³/mol. The van der Waals surface area contributed by atoms with E-state index in [1.165, 1.54) is 5.56 Å². The molecule has 5 nitrogen and oxygen atoms in total. The maximum absolute atomic E-state index is 12.6. The minimum absolute atomic E-state index is 0.135. The number of nitrogens with one attached hydrogen (secondary N) is 1. The van der Waals surface area contributed by atoms with Crippen LogP contribution in [0.3, 0.4) is 0 Å². The van der Waals surface area contributed by atoms with Crippen LogP contribution in [0.4, 0.5) is 0 Å². The van der Waals surface area contributed by atoms with Crippen molar-refractivity contribution >= 4 is 5.91 Å². The Morgan fingerprint density at radius 1 is 1.24 bits per heavy atom. The number of amides is 1. The second-order valence-corrected chi connectivity index (χ2v) is 6.84. The Balaban J connectivity index is 1.44. The summed E-state index contributed by atoms with van der Waals surface area (Å²) in [5, 5.41) is 3.18. The van der Waals surface area contributed by atoms with Gasteiger partial charge in [0.05, 0.1) is 6.10 Å². The highest BCUT2D eigenvalue weighted by Crippen LogP contribution is 2.45. The molecule has 1 aliphatic carbocycles. The number of carbonyl (C=O) groups is 1. The van der Waals surface area contributed by atoms with Gasteiger partial charge in [-0.1, -0.05) is 30.3 Å². The number of hydrogen-bond acceptors (Lipinski definition) is 4. The summed E-state index contributed by atoms with van der Waals surface area (Å²) in [6, 6.07) is 14.0. The first-order chi connectivity index (χ1) is 12.3. The van der Waals surface area contributed by atoms with E-state index in [9.17, 15) is 4.79 Å². The Hall–Kier alpha value is -2.11. The summed E-state index contributed by atoms with van der Waals surface area (Å²) in [5.41, 5.74) is 1.28. The number of ether oxygens (including phenoxy) is 2. The predicted octanol–water partition coefficient (Wildman–Crippen LogP) is 2.80. The molecule has 25 heavy (non-hydrogen) atoms. The van der Waals surface area contributed by atoms with Gasteiger partial charge in [0.2, 0.25) is 0 Å². The fourth-order valence-corrected chi connectivity index (χ4v) is 4.12. The van der Waals surface area contributed by atoms with Crippen molar-refractivity contribution in [1.29, 1.82) is 0 Å². The van der Waals surface area contributed by atoms with E-state index in [0.29, 0.717) is 30.0 Å². The molecule has 4 rings (SSSR count). The normalized spacial score (nSPS) is 27.6. The SMILES string of the molecule is COCc1ccc(C(=O)N[C@@H]2[C@@H](Cc3ccccc3)[C@H]3OCC[C@@H]23)o1. The lowest BCUT2D eigenvalue weighted by Gasteiger charge is -2.48. The molecule has 1 aromatic carbocycles. The first kappa shape index (κ1) is 16.4. The molecule has 2 aliphatic rings. The van der Waals surface area contributed by atoms with Gasteiger partial charge in [-0.2, -0.15) is 0 Å². The Morgan fingerprint density at radius 2 is 2.08 bits per heavy atom. The van der Waals surface area contributed by atoms with Gasteiger partial charge < -0.3 is 19.2 Å². The average molecular weight is 341 g/mol. The molecule has 5 heteroatoms. The number of hydrogen-bond donors (Lipinski definition) is 1. The zero-order valence-electron chi connectivity index (χ0n) is 14.3. The molecule has 2 aromatic rings. The molecule has 0 radical (unpaired) electrons. The van der Waals surface area contributed by atoms with E-state index < -0.39 is 0 Å². The molecule has 1 aliphatic heterocycles. The Labute approximate surface area is 147 Å². The van der Waals surface area contributed by atoms with Gasteiger partial charge in [-0.3, -0.25) is 4.79 Å². The zero-order chi connectivity index (χ0) is 17.2. The largest absolute Gasteiger partial charge is 0.453 e. The van der Waals surface area contributed by atoms with Crippen LogP contribution in [0, 0.1) is 11.8 Å². The molecule has 132 valence electrons. The van der Waals surface area contributed by atoms with E-state index >= 15 is 0 Å². The smallest absolute Gasteiger partial charge is 0.287 e. The lowest BCUT2D eigenvalue weighted by atomic mass is 9.64. The van der Waals surface area contributed by atoms with Crippen molar-refractivity contribution in [3.05, 3.63) is 59.5 Å². The van der Waals surface area contributed by atoms with Crippen molar-refractivity contribution in [2.75, 3.05) is 13.7 Å². The first-order valence-corrected chi connectivity index (χ1v) is 8.80. The second-order valence-electron chi connectivity index (χ2n) is 6.84. The summed E-state index contributed by atoms with van der Waals surface area (Å²) in [4.78, 5) is 12.6. The molecule has 2 heterocycles. The fourth-order valence-electron chi connectivity index (χ4n) is 4.12. The van der Waals surface area contributed by atoms with Gasteiger partial charge in [0.15, 0.2) is 5.76 Å². The number of carbonyl (C=O) groups excluding carboxylic acids is 1. The third kappa shape index (κ3) is 3.22. The zero-order valence-corrected chi connectivity index (χ0v) is 14.3. The van der Waals surface area contributed by atoms with Crippen molar-refractivity contribution in [2.24, 2.45) is 11.8 Å². The summed E-state index contributed by atoms with van der Waals surface area (Å²) >= 11 is 0. The quantitative estimate of drug-likeness (QED) is 0.878. The van der Waals surface area contributed by atoms with Crippen LogP contribution in [-0.4, -0.2) is 31.8 Å². The number of benzene rings is 1. The maximum atomic E-state index is 12.6. The van der Waals surface area contributed by atoms with Gasteiger partial charge >= 0.3 is 0 Å². The minimum Gasteiger partial charge on any atom is -0.453 e. The standard InChI is InChI=1S/C20H23NO4/c1-23-12-14-7-8-17(25-14)20(22)21-18-15-9-10-24-19(15)16(18)11-13-5-3-2-4-6-13/h2-8,15-16,18-19H,9-12H2,1H3,(H,21,22)/t15-,16+,18-,19-/m0/s1. The van der Waals surface area contributed by atoms with Gasteiger partial charge in [-0.25, -0.2) is 0 Å². The Bertz CT molecular complexity index is 726. The molecule has 0 unspecified atom stereocenters. The highest BCUT2D eigenvalue weighted by molar-refractivity contribution is 5.91. The van der Waals surface area contributed by atoms with Crippen molar-refractivity contribution in [1.82, 2.24) is 5.32 Å². The highest BCUT2D eigenvalue weighted by atomic mass is 16.5. The molecule has 0 spiro atoms. The highest BCUT2D eigenvalue weighted by Gasteiger charge is 2.54. The number of fused-ring (bicyclic) bond motifs is 1.